The highest BCUT2D eigenvalue weighted by Gasteiger charge is 2.20. The summed E-state index contributed by atoms with van der Waals surface area (Å²) in [6.45, 7) is 4.93. The van der Waals surface area contributed by atoms with Crippen LogP contribution in [-0.2, 0) is 14.3 Å². The highest BCUT2D eigenvalue weighted by atomic mass is 16.5. The summed E-state index contributed by atoms with van der Waals surface area (Å²) in [4.78, 5) is 24.6. The maximum Gasteiger partial charge on any atom is 0.305 e. The van der Waals surface area contributed by atoms with E-state index in [1.165, 1.54) is 321 Å². The quantitative estimate of drug-likeness (QED) is 0.0320. The number of rotatable bonds is 68. The number of carbonyl (C=O) groups excluding carboxylic acids is 2. The zero-order chi connectivity index (χ0) is 57.1. The van der Waals surface area contributed by atoms with E-state index >= 15 is 0 Å². The lowest BCUT2D eigenvalue weighted by Crippen LogP contribution is -2.45. The molecule has 0 aliphatic heterocycles. The van der Waals surface area contributed by atoms with Crippen molar-refractivity contribution in [1.82, 2.24) is 5.32 Å². The molecule has 0 aromatic heterocycles. The van der Waals surface area contributed by atoms with E-state index in [-0.39, 0.29) is 18.5 Å². The number of amides is 1. The fourth-order valence-corrected chi connectivity index (χ4v) is 11.5. The molecule has 0 aliphatic carbocycles. The Hall–Kier alpha value is -1.66. The van der Waals surface area contributed by atoms with Crippen LogP contribution >= 0.6 is 0 Å². The minimum Gasteiger partial charge on any atom is -0.466 e. The SMILES string of the molecule is CCC/C=C\C/C=C\CCCCCCCC(=O)OCCCCCCCCCCCCCCCCCCCCCCCCCCCCCCCC(=O)NC(CO)C(O)CCCCCCCCCCCCCCCCCCCCCC. The molecule has 1 amide bonds. The van der Waals surface area contributed by atoms with Crippen LogP contribution in [0.5, 0.6) is 0 Å². The van der Waals surface area contributed by atoms with Crippen LogP contribution in [0.4, 0.5) is 0 Å². The van der Waals surface area contributed by atoms with Gasteiger partial charge in [0, 0.05) is 12.8 Å². The molecule has 0 heterocycles. The third-order valence-electron chi connectivity index (χ3n) is 17.0. The summed E-state index contributed by atoms with van der Waals surface area (Å²) >= 11 is 0. The second-order valence-electron chi connectivity index (χ2n) is 24.9. The number of carbonyl (C=O) groups is 2. The largest absolute Gasteiger partial charge is 0.466 e. The standard InChI is InChI=1S/C73H141NO5/c1-3-5-7-9-11-13-15-17-18-19-20-32-35-38-42-45-49-53-57-61-65-71(76)70(69-75)74-72(77)66-62-58-54-50-46-43-39-36-33-30-28-26-24-22-21-23-25-27-29-31-34-37-40-44-48-52-56-60-64-68-79-73(78)67-63-59-55-51-47-41-16-14-12-10-8-6-4-2/h8,10,14,16,70-71,75-76H,3-7,9,11-13,15,17-69H2,1-2H3,(H,74,77)/b10-8-,16-14-. The Morgan fingerprint density at radius 2 is 0.658 bits per heavy atom. The van der Waals surface area contributed by atoms with Crippen molar-refractivity contribution in [3.8, 4) is 0 Å². The van der Waals surface area contributed by atoms with Gasteiger partial charge in [0.15, 0.2) is 0 Å². The van der Waals surface area contributed by atoms with Gasteiger partial charge in [0.05, 0.1) is 25.4 Å². The second kappa shape index (κ2) is 68.8. The molecule has 0 fully saturated rings. The van der Waals surface area contributed by atoms with Gasteiger partial charge >= 0.3 is 5.97 Å². The molecule has 0 spiro atoms. The first-order valence-corrected chi connectivity index (χ1v) is 36.1. The summed E-state index contributed by atoms with van der Waals surface area (Å²) in [7, 11) is 0. The zero-order valence-electron chi connectivity index (χ0n) is 53.6. The van der Waals surface area contributed by atoms with Crippen LogP contribution in [0.25, 0.3) is 0 Å². The van der Waals surface area contributed by atoms with Crippen LogP contribution in [0.2, 0.25) is 0 Å². The number of aliphatic hydroxyl groups is 2. The topological polar surface area (TPSA) is 95.9 Å². The Labute approximate surface area is 494 Å². The van der Waals surface area contributed by atoms with Gasteiger partial charge in [-0.3, -0.25) is 9.59 Å². The van der Waals surface area contributed by atoms with Crippen LogP contribution < -0.4 is 5.32 Å². The molecule has 3 N–H and O–H groups in total. The Morgan fingerprint density at radius 3 is 1.01 bits per heavy atom. The van der Waals surface area contributed by atoms with E-state index < -0.39 is 12.1 Å². The number of esters is 1. The Morgan fingerprint density at radius 1 is 0.354 bits per heavy atom. The van der Waals surface area contributed by atoms with E-state index in [9.17, 15) is 19.8 Å². The molecule has 6 nitrogen and oxygen atoms in total. The monoisotopic (exact) mass is 1110 g/mol. The summed E-state index contributed by atoms with van der Waals surface area (Å²) in [6, 6.07) is -0.539. The summed E-state index contributed by atoms with van der Waals surface area (Å²) in [6.07, 6.45) is 86.7. The number of hydrogen-bond acceptors (Lipinski definition) is 5. The van der Waals surface area contributed by atoms with Crippen molar-refractivity contribution in [3.05, 3.63) is 24.3 Å². The van der Waals surface area contributed by atoms with E-state index in [2.05, 4.69) is 43.5 Å². The number of hydrogen-bond donors (Lipinski definition) is 3. The minimum atomic E-state index is -0.662. The van der Waals surface area contributed by atoms with E-state index in [4.69, 9.17) is 4.74 Å². The fraction of sp³-hybridized carbons (Fsp3) is 0.918. The van der Waals surface area contributed by atoms with Crippen LogP contribution in [0, 0.1) is 0 Å². The van der Waals surface area contributed by atoms with Crippen LogP contribution in [0.1, 0.15) is 406 Å². The maximum absolute atomic E-state index is 12.5. The third-order valence-corrected chi connectivity index (χ3v) is 17.0. The number of unbranched alkanes of at least 4 members (excludes halogenated alkanes) is 53. The number of ether oxygens (including phenoxy) is 1. The lowest BCUT2D eigenvalue weighted by molar-refractivity contribution is -0.143. The van der Waals surface area contributed by atoms with Gasteiger partial charge in [0.2, 0.25) is 5.91 Å². The van der Waals surface area contributed by atoms with Crippen molar-refractivity contribution in [2.24, 2.45) is 0 Å². The smallest absolute Gasteiger partial charge is 0.305 e. The highest BCUT2D eigenvalue weighted by molar-refractivity contribution is 5.76. The number of nitrogens with one attached hydrogen (secondary N) is 1. The van der Waals surface area contributed by atoms with Crippen molar-refractivity contribution in [2.75, 3.05) is 13.2 Å². The number of aliphatic hydroxyl groups excluding tert-OH is 2. The third kappa shape index (κ3) is 65.4. The van der Waals surface area contributed by atoms with Gasteiger partial charge < -0.3 is 20.3 Å². The molecule has 0 saturated carbocycles. The molecule has 2 atom stereocenters. The van der Waals surface area contributed by atoms with Crippen molar-refractivity contribution >= 4 is 11.9 Å². The zero-order valence-corrected chi connectivity index (χ0v) is 53.6. The molecule has 0 aromatic rings. The van der Waals surface area contributed by atoms with Gasteiger partial charge in [0.25, 0.3) is 0 Å². The van der Waals surface area contributed by atoms with Crippen LogP contribution in [0.3, 0.4) is 0 Å². The lowest BCUT2D eigenvalue weighted by Gasteiger charge is -2.22. The molecule has 2 unspecified atom stereocenters. The summed E-state index contributed by atoms with van der Waals surface area (Å²) in [5.41, 5.74) is 0. The van der Waals surface area contributed by atoms with Crippen molar-refractivity contribution in [2.45, 2.75) is 418 Å². The predicted molar refractivity (Wildman–Crippen MR) is 347 cm³/mol. The Kier molecular flexibility index (Phi) is 67.4. The first-order valence-electron chi connectivity index (χ1n) is 36.1. The van der Waals surface area contributed by atoms with Crippen LogP contribution in [0.15, 0.2) is 24.3 Å². The molecule has 0 bridgehead atoms. The van der Waals surface area contributed by atoms with E-state index in [1.54, 1.807) is 0 Å². The van der Waals surface area contributed by atoms with Gasteiger partial charge in [-0.25, -0.2) is 0 Å². The molecule has 6 heteroatoms. The first kappa shape index (κ1) is 77.3. The average molecular weight is 1110 g/mol. The van der Waals surface area contributed by atoms with Gasteiger partial charge in [-0.05, 0) is 51.4 Å². The fourth-order valence-electron chi connectivity index (χ4n) is 11.5. The van der Waals surface area contributed by atoms with Crippen molar-refractivity contribution in [1.29, 1.82) is 0 Å². The van der Waals surface area contributed by atoms with Gasteiger partial charge in [-0.15, -0.1) is 0 Å². The van der Waals surface area contributed by atoms with Gasteiger partial charge in [-0.1, -0.05) is 366 Å². The normalized spacial score (nSPS) is 12.6. The molecule has 0 aliphatic rings. The highest BCUT2D eigenvalue weighted by Crippen LogP contribution is 2.19. The predicted octanol–water partition coefficient (Wildman–Crippen LogP) is 23.3. The molecule has 0 saturated heterocycles. The second-order valence-corrected chi connectivity index (χ2v) is 24.9. The summed E-state index contributed by atoms with van der Waals surface area (Å²) in [5, 5.41) is 23.4. The molecule has 0 rings (SSSR count). The van der Waals surface area contributed by atoms with Crippen molar-refractivity contribution in [3.63, 3.8) is 0 Å². The Bertz CT molecular complexity index is 1230. The molecule has 468 valence electrons. The molecule has 79 heavy (non-hydrogen) atoms. The maximum atomic E-state index is 12.5. The first-order chi connectivity index (χ1) is 39.0. The molecular weight excluding hydrogens is 971 g/mol. The van der Waals surface area contributed by atoms with Crippen molar-refractivity contribution < 1.29 is 24.5 Å². The summed E-state index contributed by atoms with van der Waals surface area (Å²) in [5.74, 6) is -0.0222. The summed E-state index contributed by atoms with van der Waals surface area (Å²) < 4.78 is 5.48. The Balaban J connectivity index is 3.34. The molecular formula is C73H141NO5. The average Bonchev–Trinajstić information content (AvgIpc) is 3.45. The lowest BCUT2D eigenvalue weighted by atomic mass is 10.0. The molecule has 0 radical (unpaired) electrons. The van der Waals surface area contributed by atoms with Gasteiger partial charge in [0.1, 0.15) is 0 Å². The van der Waals surface area contributed by atoms with E-state index in [0.29, 0.717) is 25.9 Å². The van der Waals surface area contributed by atoms with Gasteiger partial charge in [-0.2, -0.15) is 0 Å². The number of allylic oxidation sites excluding steroid dienone is 4. The van der Waals surface area contributed by atoms with Crippen LogP contribution in [-0.4, -0.2) is 47.4 Å². The molecule has 0 aromatic carbocycles. The minimum absolute atomic E-state index is 0.00477. The van der Waals surface area contributed by atoms with E-state index in [1.807, 2.05) is 0 Å². The van der Waals surface area contributed by atoms with E-state index in [0.717, 1.165) is 51.4 Å².